The summed E-state index contributed by atoms with van der Waals surface area (Å²) in [5, 5.41) is 0. The van der Waals surface area contributed by atoms with Crippen LogP contribution in [0.5, 0.6) is 0 Å². The molecule has 0 radical (unpaired) electrons. The summed E-state index contributed by atoms with van der Waals surface area (Å²) in [5.41, 5.74) is 7.27. The number of amides is 2. The smallest absolute Gasteiger partial charge is 0.233 e. The third-order valence-corrected chi connectivity index (χ3v) is 2.50. The Bertz CT molecular complexity index is 234. The summed E-state index contributed by atoms with van der Waals surface area (Å²) in [4.78, 5) is 23.8. The molecule has 0 spiro atoms. The summed E-state index contributed by atoms with van der Waals surface area (Å²) < 4.78 is 0. The van der Waals surface area contributed by atoms with Gasteiger partial charge in [-0.15, -0.1) is 0 Å². The van der Waals surface area contributed by atoms with Crippen molar-refractivity contribution in [2.24, 2.45) is 11.6 Å². The average Bonchev–Trinajstić information content (AvgIpc) is 2.30. The van der Waals surface area contributed by atoms with Crippen LogP contribution in [0.4, 0.5) is 0 Å². The van der Waals surface area contributed by atoms with Crippen LogP contribution in [0.3, 0.4) is 0 Å². The number of rotatable bonds is 10. The first kappa shape index (κ1) is 15.9. The Morgan fingerprint density at radius 1 is 1.18 bits per heavy atom. The van der Waals surface area contributed by atoms with E-state index in [0.29, 0.717) is 13.0 Å². The highest BCUT2D eigenvalue weighted by molar-refractivity contribution is 5.76. The zero-order chi connectivity index (χ0) is 13.1. The van der Waals surface area contributed by atoms with Crippen molar-refractivity contribution in [2.45, 2.75) is 39.0 Å². The molecule has 0 saturated heterocycles. The second-order valence-corrected chi connectivity index (χ2v) is 4.12. The molecule has 0 aromatic carbocycles. The molecule has 0 heterocycles. The van der Waals surface area contributed by atoms with Crippen LogP contribution in [0.1, 0.15) is 39.0 Å². The summed E-state index contributed by atoms with van der Waals surface area (Å²) in [6, 6.07) is 0. The maximum Gasteiger partial charge on any atom is 0.233 e. The zero-order valence-electron chi connectivity index (χ0n) is 10.6. The van der Waals surface area contributed by atoms with Gasteiger partial charge in [-0.3, -0.25) is 19.9 Å². The Balaban J connectivity index is 3.74. The van der Waals surface area contributed by atoms with Crippen LogP contribution >= 0.6 is 0 Å². The monoisotopic (exact) mass is 244 g/mol. The van der Waals surface area contributed by atoms with Crippen molar-refractivity contribution in [3.8, 4) is 0 Å². The number of carbonyl (C=O) groups is 2. The van der Waals surface area contributed by atoms with Gasteiger partial charge in [-0.05, 0) is 32.4 Å². The van der Waals surface area contributed by atoms with Gasteiger partial charge in [0.05, 0.1) is 6.54 Å². The Morgan fingerprint density at radius 3 is 2.35 bits per heavy atom. The lowest BCUT2D eigenvalue weighted by molar-refractivity contribution is -0.121. The fraction of sp³-hybridized carbons (Fsp3) is 0.818. The molecule has 0 bridgehead atoms. The first-order valence-corrected chi connectivity index (χ1v) is 6.10. The van der Waals surface area contributed by atoms with Crippen LogP contribution in [0.15, 0.2) is 0 Å². The van der Waals surface area contributed by atoms with Crippen LogP contribution in [-0.4, -0.2) is 36.3 Å². The van der Waals surface area contributed by atoms with Crippen molar-refractivity contribution in [3.05, 3.63) is 0 Å². The van der Waals surface area contributed by atoms with E-state index in [-0.39, 0.29) is 11.8 Å². The van der Waals surface area contributed by atoms with Crippen LogP contribution in [0.25, 0.3) is 0 Å². The minimum Gasteiger partial charge on any atom is -0.369 e. The molecule has 17 heavy (non-hydrogen) atoms. The lowest BCUT2D eigenvalue weighted by atomic mass is 10.2. The number of nitrogens with two attached hydrogens (primary N) is 2. The van der Waals surface area contributed by atoms with Gasteiger partial charge < -0.3 is 5.73 Å². The van der Waals surface area contributed by atoms with E-state index >= 15 is 0 Å². The topological polar surface area (TPSA) is 101 Å². The number of unbranched alkanes of at least 4 members (excludes halogenated alkanes) is 2. The first-order valence-electron chi connectivity index (χ1n) is 6.10. The maximum absolute atomic E-state index is 10.9. The van der Waals surface area contributed by atoms with Crippen molar-refractivity contribution in [2.75, 3.05) is 19.6 Å². The molecule has 0 unspecified atom stereocenters. The maximum atomic E-state index is 10.9. The van der Waals surface area contributed by atoms with Gasteiger partial charge in [0.25, 0.3) is 0 Å². The van der Waals surface area contributed by atoms with E-state index < -0.39 is 0 Å². The molecule has 100 valence electrons. The SMILES string of the molecule is CCCCN(CCCCC(=O)NN)CC(N)=O. The third kappa shape index (κ3) is 9.77. The van der Waals surface area contributed by atoms with Gasteiger partial charge in [-0.25, -0.2) is 5.84 Å². The lowest BCUT2D eigenvalue weighted by Crippen LogP contribution is -2.35. The summed E-state index contributed by atoms with van der Waals surface area (Å²) in [7, 11) is 0. The van der Waals surface area contributed by atoms with Gasteiger partial charge in [-0.1, -0.05) is 13.3 Å². The highest BCUT2D eigenvalue weighted by Gasteiger charge is 2.07. The average molecular weight is 244 g/mol. The van der Waals surface area contributed by atoms with Crippen molar-refractivity contribution >= 4 is 11.8 Å². The summed E-state index contributed by atoms with van der Waals surface area (Å²) in [5.74, 6) is 4.52. The molecular formula is C11H24N4O2. The molecule has 2 amide bonds. The highest BCUT2D eigenvalue weighted by atomic mass is 16.2. The molecule has 0 aliphatic rings. The fourth-order valence-electron chi connectivity index (χ4n) is 1.57. The van der Waals surface area contributed by atoms with Crippen LogP contribution < -0.4 is 17.0 Å². The molecule has 0 saturated carbocycles. The number of hydrogen-bond donors (Lipinski definition) is 3. The van der Waals surface area contributed by atoms with E-state index in [4.69, 9.17) is 11.6 Å². The molecule has 0 aliphatic heterocycles. The summed E-state index contributed by atoms with van der Waals surface area (Å²) in [6.07, 6.45) is 4.20. The van der Waals surface area contributed by atoms with Gasteiger partial charge in [-0.2, -0.15) is 0 Å². The van der Waals surface area contributed by atoms with E-state index in [2.05, 4.69) is 12.3 Å². The Labute approximate surface area is 103 Å². The second-order valence-electron chi connectivity index (χ2n) is 4.12. The van der Waals surface area contributed by atoms with E-state index in [9.17, 15) is 9.59 Å². The molecule has 5 N–H and O–H groups in total. The molecule has 0 aromatic heterocycles. The lowest BCUT2D eigenvalue weighted by Gasteiger charge is -2.20. The molecule has 0 rings (SSSR count). The second kappa shape index (κ2) is 10.0. The van der Waals surface area contributed by atoms with Gasteiger partial charge in [0.1, 0.15) is 0 Å². The molecule has 0 atom stereocenters. The molecule has 0 aliphatic carbocycles. The van der Waals surface area contributed by atoms with E-state index in [1.165, 1.54) is 0 Å². The van der Waals surface area contributed by atoms with Crippen LogP contribution in [0.2, 0.25) is 0 Å². The van der Waals surface area contributed by atoms with Crippen molar-refractivity contribution in [1.82, 2.24) is 10.3 Å². The number of nitrogens with one attached hydrogen (secondary N) is 1. The van der Waals surface area contributed by atoms with E-state index in [1.54, 1.807) is 0 Å². The fourth-order valence-corrected chi connectivity index (χ4v) is 1.57. The number of nitrogens with zero attached hydrogens (tertiary/aromatic N) is 1. The summed E-state index contributed by atoms with van der Waals surface area (Å²) >= 11 is 0. The summed E-state index contributed by atoms with van der Waals surface area (Å²) in [6.45, 7) is 4.07. The number of hydrazine groups is 1. The standard InChI is InChI=1S/C11H24N4O2/c1-2-3-7-15(9-10(12)16)8-5-4-6-11(17)14-13/h2-9,13H2,1H3,(H2,12,16)(H,14,17). The van der Waals surface area contributed by atoms with Crippen molar-refractivity contribution < 1.29 is 9.59 Å². The van der Waals surface area contributed by atoms with E-state index in [0.717, 1.165) is 38.8 Å². The van der Waals surface area contributed by atoms with Gasteiger partial charge >= 0.3 is 0 Å². The quantitative estimate of drug-likeness (QED) is 0.213. The molecule has 0 fully saturated rings. The predicted octanol–water partition coefficient (Wildman–Crippen LogP) is -0.266. The highest BCUT2D eigenvalue weighted by Crippen LogP contribution is 2.01. The number of carbonyl (C=O) groups excluding carboxylic acids is 2. The van der Waals surface area contributed by atoms with Crippen molar-refractivity contribution in [3.63, 3.8) is 0 Å². The minimum absolute atomic E-state index is 0.153. The van der Waals surface area contributed by atoms with Gasteiger partial charge in [0.15, 0.2) is 0 Å². The van der Waals surface area contributed by atoms with Gasteiger partial charge in [0, 0.05) is 6.42 Å². The zero-order valence-corrected chi connectivity index (χ0v) is 10.6. The first-order chi connectivity index (χ1) is 8.10. The Hall–Kier alpha value is -1.14. The van der Waals surface area contributed by atoms with Gasteiger partial charge in [0.2, 0.25) is 11.8 Å². The normalized spacial score (nSPS) is 10.5. The van der Waals surface area contributed by atoms with Crippen LogP contribution in [0, 0.1) is 0 Å². The predicted molar refractivity (Wildman–Crippen MR) is 66.7 cm³/mol. The molecule has 6 heteroatoms. The Kier molecular flexibility index (Phi) is 9.37. The Morgan fingerprint density at radius 2 is 1.82 bits per heavy atom. The number of primary amides is 1. The molecular weight excluding hydrogens is 220 g/mol. The van der Waals surface area contributed by atoms with Crippen molar-refractivity contribution in [1.29, 1.82) is 0 Å². The third-order valence-electron chi connectivity index (χ3n) is 2.50. The molecule has 0 aromatic rings. The number of hydrogen-bond acceptors (Lipinski definition) is 4. The molecule has 6 nitrogen and oxygen atoms in total. The minimum atomic E-state index is -0.305. The van der Waals surface area contributed by atoms with E-state index in [1.807, 2.05) is 4.90 Å². The largest absolute Gasteiger partial charge is 0.369 e. The van der Waals surface area contributed by atoms with Crippen LogP contribution in [-0.2, 0) is 9.59 Å².